The van der Waals surface area contributed by atoms with E-state index in [4.69, 9.17) is 5.26 Å². The Hall–Kier alpha value is -3.40. The molecule has 0 saturated carbocycles. The van der Waals surface area contributed by atoms with E-state index in [9.17, 15) is 4.79 Å². The van der Waals surface area contributed by atoms with Crippen LogP contribution in [0, 0.1) is 11.3 Å². The van der Waals surface area contributed by atoms with Crippen molar-refractivity contribution in [3.63, 3.8) is 0 Å². The van der Waals surface area contributed by atoms with Crippen molar-refractivity contribution in [1.82, 2.24) is 19.9 Å². The lowest BCUT2D eigenvalue weighted by Gasteiger charge is -2.41. The summed E-state index contributed by atoms with van der Waals surface area (Å²) in [5.41, 5.74) is 1.94. The highest BCUT2D eigenvalue weighted by molar-refractivity contribution is 5.95. The number of nitrogens with one attached hydrogen (secondary N) is 1. The first kappa shape index (κ1) is 15.8. The third-order valence-electron chi connectivity index (χ3n) is 5.59. The van der Waals surface area contributed by atoms with Crippen molar-refractivity contribution in [3.05, 3.63) is 54.0 Å². The third kappa shape index (κ3) is 2.53. The minimum Gasteiger partial charge on any atom is -0.352 e. The molecule has 7 heteroatoms. The topological polar surface area (TPSA) is 88.9 Å². The van der Waals surface area contributed by atoms with Gasteiger partial charge in [0.05, 0.1) is 29.1 Å². The Morgan fingerprint density at radius 2 is 2.00 bits per heavy atom. The molecule has 2 aromatic heterocycles. The highest BCUT2D eigenvalue weighted by atomic mass is 16.2. The number of nitriles is 1. The Bertz CT molecular complexity index is 1050. The molecule has 2 saturated heterocycles. The minimum absolute atomic E-state index is 0.0220. The van der Waals surface area contributed by atoms with Crippen LogP contribution in [0.2, 0.25) is 0 Å². The van der Waals surface area contributed by atoms with E-state index >= 15 is 0 Å². The van der Waals surface area contributed by atoms with Crippen LogP contribution in [0.5, 0.6) is 0 Å². The monoisotopic (exact) mass is 358 g/mol. The van der Waals surface area contributed by atoms with E-state index in [1.54, 1.807) is 30.6 Å². The molecule has 0 spiro atoms. The lowest BCUT2D eigenvalue weighted by Crippen LogP contribution is -2.56. The second-order valence-electron chi connectivity index (χ2n) is 7.13. The summed E-state index contributed by atoms with van der Waals surface area (Å²) in [5, 5.41) is 10.1. The molecule has 1 N–H and O–H groups in total. The number of H-pyrrole nitrogens is 1. The lowest BCUT2D eigenvalue weighted by molar-refractivity contribution is 0.0641. The molecule has 4 heterocycles. The fourth-order valence-corrected chi connectivity index (χ4v) is 4.39. The SMILES string of the molecule is N#Cc1cccc(C(=O)N2C3CCC2CN(c2ncnc4[nH]ccc24)C3)c1. The molecule has 134 valence electrons. The van der Waals surface area contributed by atoms with Gasteiger partial charge in [0.1, 0.15) is 17.8 Å². The number of benzene rings is 1. The standard InChI is InChI=1S/C20H18N6O/c21-9-13-2-1-3-14(8-13)20(27)26-15-4-5-16(26)11-25(10-15)19-17-6-7-22-18(17)23-12-24-19/h1-3,6-8,12,15-16H,4-5,10-11H2,(H,22,23,24). The third-order valence-corrected chi connectivity index (χ3v) is 5.59. The maximum Gasteiger partial charge on any atom is 0.254 e. The van der Waals surface area contributed by atoms with Gasteiger partial charge in [0.25, 0.3) is 5.91 Å². The molecule has 5 rings (SSSR count). The number of piperazine rings is 1. The van der Waals surface area contributed by atoms with Crippen LogP contribution in [-0.4, -0.2) is 50.9 Å². The van der Waals surface area contributed by atoms with E-state index in [-0.39, 0.29) is 18.0 Å². The van der Waals surface area contributed by atoms with Crippen molar-refractivity contribution in [2.24, 2.45) is 0 Å². The zero-order valence-corrected chi connectivity index (χ0v) is 14.7. The number of hydrogen-bond acceptors (Lipinski definition) is 5. The predicted octanol–water partition coefficient (Wildman–Crippen LogP) is 2.32. The number of aromatic amines is 1. The summed E-state index contributed by atoms with van der Waals surface area (Å²) in [6.07, 6.45) is 5.44. The number of anilines is 1. The van der Waals surface area contributed by atoms with Gasteiger partial charge in [-0.1, -0.05) is 6.07 Å². The Morgan fingerprint density at radius 1 is 1.19 bits per heavy atom. The van der Waals surface area contributed by atoms with Crippen LogP contribution in [0.25, 0.3) is 11.0 Å². The van der Waals surface area contributed by atoms with E-state index < -0.39 is 0 Å². The summed E-state index contributed by atoms with van der Waals surface area (Å²) in [5.74, 6) is 0.949. The number of nitrogens with zero attached hydrogens (tertiary/aromatic N) is 5. The van der Waals surface area contributed by atoms with Crippen LogP contribution in [-0.2, 0) is 0 Å². The smallest absolute Gasteiger partial charge is 0.254 e. The van der Waals surface area contributed by atoms with Gasteiger partial charge in [0, 0.05) is 24.8 Å². The highest BCUT2D eigenvalue weighted by Crippen LogP contribution is 2.35. The maximum atomic E-state index is 13.1. The number of aromatic nitrogens is 3. The predicted molar refractivity (Wildman–Crippen MR) is 100 cm³/mol. The molecular weight excluding hydrogens is 340 g/mol. The van der Waals surface area contributed by atoms with Crippen LogP contribution >= 0.6 is 0 Å². The van der Waals surface area contributed by atoms with E-state index in [2.05, 4.69) is 25.9 Å². The number of amides is 1. The Kier molecular flexibility index (Phi) is 3.57. The van der Waals surface area contributed by atoms with Gasteiger partial charge in [-0.25, -0.2) is 9.97 Å². The second kappa shape index (κ2) is 6.09. The van der Waals surface area contributed by atoms with Gasteiger partial charge in [-0.05, 0) is 37.1 Å². The second-order valence-corrected chi connectivity index (χ2v) is 7.13. The van der Waals surface area contributed by atoms with Gasteiger partial charge in [0.15, 0.2) is 0 Å². The molecule has 2 fully saturated rings. The highest BCUT2D eigenvalue weighted by Gasteiger charge is 2.43. The molecule has 1 amide bonds. The zero-order valence-electron chi connectivity index (χ0n) is 14.7. The van der Waals surface area contributed by atoms with E-state index in [1.165, 1.54) is 0 Å². The fourth-order valence-electron chi connectivity index (χ4n) is 4.39. The lowest BCUT2D eigenvalue weighted by atomic mass is 10.1. The van der Waals surface area contributed by atoms with Gasteiger partial charge in [-0.15, -0.1) is 0 Å². The van der Waals surface area contributed by atoms with Gasteiger partial charge >= 0.3 is 0 Å². The van der Waals surface area contributed by atoms with Crippen molar-refractivity contribution >= 4 is 22.8 Å². The summed E-state index contributed by atoms with van der Waals surface area (Å²) in [7, 11) is 0. The van der Waals surface area contributed by atoms with E-state index in [0.717, 1.165) is 42.8 Å². The van der Waals surface area contributed by atoms with Crippen molar-refractivity contribution in [1.29, 1.82) is 5.26 Å². The molecule has 7 nitrogen and oxygen atoms in total. The largest absolute Gasteiger partial charge is 0.352 e. The van der Waals surface area contributed by atoms with Crippen molar-refractivity contribution in [3.8, 4) is 6.07 Å². The van der Waals surface area contributed by atoms with Crippen LogP contribution in [0.15, 0.2) is 42.9 Å². The average Bonchev–Trinajstić information content (AvgIpc) is 3.29. The van der Waals surface area contributed by atoms with Crippen LogP contribution in [0.3, 0.4) is 0 Å². The van der Waals surface area contributed by atoms with Gasteiger partial charge < -0.3 is 14.8 Å². The number of hydrogen-bond donors (Lipinski definition) is 1. The van der Waals surface area contributed by atoms with Crippen LogP contribution in [0.1, 0.15) is 28.8 Å². The van der Waals surface area contributed by atoms with Gasteiger partial charge in [0.2, 0.25) is 0 Å². The first-order chi connectivity index (χ1) is 13.2. The summed E-state index contributed by atoms with van der Waals surface area (Å²) in [6, 6.07) is 11.4. The molecule has 3 aromatic rings. The molecule has 0 radical (unpaired) electrons. The first-order valence-corrected chi connectivity index (χ1v) is 9.10. The summed E-state index contributed by atoms with van der Waals surface area (Å²) in [6.45, 7) is 1.52. The molecule has 2 atom stereocenters. The molecule has 2 aliphatic rings. The van der Waals surface area contributed by atoms with Crippen molar-refractivity contribution in [2.45, 2.75) is 24.9 Å². The molecule has 2 bridgehead atoms. The molecule has 0 aliphatic carbocycles. The maximum absolute atomic E-state index is 13.1. The number of fused-ring (bicyclic) bond motifs is 3. The quantitative estimate of drug-likeness (QED) is 0.759. The van der Waals surface area contributed by atoms with E-state index in [0.29, 0.717) is 11.1 Å². The normalized spacial score (nSPS) is 21.4. The molecule has 1 aromatic carbocycles. The Balaban J connectivity index is 1.43. The summed E-state index contributed by atoms with van der Waals surface area (Å²) < 4.78 is 0. The van der Waals surface area contributed by atoms with Gasteiger partial charge in [-0.2, -0.15) is 5.26 Å². The van der Waals surface area contributed by atoms with E-state index in [1.807, 2.05) is 17.2 Å². The average molecular weight is 358 g/mol. The van der Waals surface area contributed by atoms with Crippen molar-refractivity contribution in [2.75, 3.05) is 18.0 Å². The zero-order chi connectivity index (χ0) is 18.4. The molecular formula is C20H18N6O. The first-order valence-electron chi connectivity index (χ1n) is 9.10. The molecule has 27 heavy (non-hydrogen) atoms. The molecule has 2 unspecified atom stereocenters. The summed E-state index contributed by atoms with van der Waals surface area (Å²) in [4.78, 5) is 29.3. The summed E-state index contributed by atoms with van der Waals surface area (Å²) >= 11 is 0. The van der Waals surface area contributed by atoms with Gasteiger partial charge in [-0.3, -0.25) is 4.79 Å². The number of rotatable bonds is 2. The van der Waals surface area contributed by atoms with Crippen molar-refractivity contribution < 1.29 is 4.79 Å². The molecule has 2 aliphatic heterocycles. The van der Waals surface area contributed by atoms with Crippen LogP contribution in [0.4, 0.5) is 5.82 Å². The number of carbonyl (C=O) groups is 1. The minimum atomic E-state index is 0.0220. The van der Waals surface area contributed by atoms with Crippen LogP contribution < -0.4 is 4.90 Å². The fraction of sp³-hybridized carbons (Fsp3) is 0.300. The number of carbonyl (C=O) groups excluding carboxylic acids is 1. The Labute approximate surface area is 156 Å². The Morgan fingerprint density at radius 3 is 2.78 bits per heavy atom.